The smallest absolute Gasteiger partial charge is 0.265 e. The average molecular weight is 376 g/mol. The van der Waals surface area contributed by atoms with Crippen LogP contribution in [0.5, 0.6) is 5.88 Å². The molecule has 1 aliphatic rings. The summed E-state index contributed by atoms with van der Waals surface area (Å²) in [4.78, 5) is 34.8. The van der Waals surface area contributed by atoms with E-state index in [1.807, 2.05) is 0 Å². The molecule has 3 rings (SSSR count). The van der Waals surface area contributed by atoms with Gasteiger partial charge < -0.3 is 14.4 Å². The summed E-state index contributed by atoms with van der Waals surface area (Å²) < 4.78 is 10.9. The standard InChI is InChI=1S/C17H20N4O4S/c1-10-14(16(23)21(2)3)26-17(19-10)20-15(22)11-4-5-13(18-8-11)25-12-6-7-24-9-12/h4-5,8,12H,6-7,9H2,1-3H3,(H,19,20,22). The fraction of sp³-hybridized carbons (Fsp3) is 0.412. The fourth-order valence-electron chi connectivity index (χ4n) is 2.38. The van der Waals surface area contributed by atoms with E-state index < -0.39 is 0 Å². The number of anilines is 1. The minimum absolute atomic E-state index is 0.00752. The number of rotatable bonds is 5. The Balaban J connectivity index is 1.64. The second kappa shape index (κ2) is 7.79. The van der Waals surface area contributed by atoms with Gasteiger partial charge in [-0.3, -0.25) is 14.9 Å². The molecular weight excluding hydrogens is 356 g/mol. The normalized spacial score (nSPS) is 16.3. The molecule has 2 amide bonds. The lowest BCUT2D eigenvalue weighted by Crippen LogP contribution is -2.21. The molecule has 1 atom stereocenters. The number of carbonyl (C=O) groups excluding carboxylic acids is 2. The number of thiazole rings is 1. The average Bonchev–Trinajstić information content (AvgIpc) is 3.24. The van der Waals surface area contributed by atoms with Crippen molar-refractivity contribution < 1.29 is 19.1 Å². The van der Waals surface area contributed by atoms with E-state index >= 15 is 0 Å². The maximum Gasteiger partial charge on any atom is 0.265 e. The molecule has 0 aromatic carbocycles. The Morgan fingerprint density at radius 3 is 2.81 bits per heavy atom. The highest BCUT2D eigenvalue weighted by Gasteiger charge is 2.20. The lowest BCUT2D eigenvalue weighted by molar-refractivity contribution is 0.0831. The zero-order valence-electron chi connectivity index (χ0n) is 14.8. The van der Waals surface area contributed by atoms with Gasteiger partial charge in [0.25, 0.3) is 11.8 Å². The minimum Gasteiger partial charge on any atom is -0.472 e. The Labute approximate surface area is 155 Å². The first-order valence-electron chi connectivity index (χ1n) is 8.15. The van der Waals surface area contributed by atoms with Gasteiger partial charge >= 0.3 is 0 Å². The topological polar surface area (TPSA) is 93.6 Å². The molecule has 8 nitrogen and oxygen atoms in total. The van der Waals surface area contributed by atoms with Gasteiger partial charge in [0.15, 0.2) is 5.13 Å². The highest BCUT2D eigenvalue weighted by molar-refractivity contribution is 7.17. The van der Waals surface area contributed by atoms with E-state index in [2.05, 4.69) is 15.3 Å². The molecule has 1 N–H and O–H groups in total. The summed E-state index contributed by atoms with van der Waals surface area (Å²) in [6.45, 7) is 2.99. The van der Waals surface area contributed by atoms with Crippen LogP contribution in [0.1, 0.15) is 32.1 Å². The third kappa shape index (κ3) is 4.17. The molecule has 1 unspecified atom stereocenters. The van der Waals surface area contributed by atoms with Crippen LogP contribution in [0.15, 0.2) is 18.3 Å². The van der Waals surface area contributed by atoms with Gasteiger partial charge in [0, 0.05) is 32.8 Å². The number of amides is 2. The number of hydrogen-bond acceptors (Lipinski definition) is 7. The number of ether oxygens (including phenoxy) is 2. The molecule has 2 aromatic rings. The van der Waals surface area contributed by atoms with Crippen LogP contribution in [-0.2, 0) is 4.74 Å². The molecule has 1 fully saturated rings. The van der Waals surface area contributed by atoms with Crippen molar-refractivity contribution >= 4 is 28.3 Å². The zero-order valence-corrected chi connectivity index (χ0v) is 15.6. The molecule has 9 heteroatoms. The third-order valence-electron chi connectivity index (χ3n) is 3.79. The van der Waals surface area contributed by atoms with Crippen molar-refractivity contribution in [1.82, 2.24) is 14.9 Å². The molecule has 3 heterocycles. The van der Waals surface area contributed by atoms with Gasteiger partial charge in [-0.25, -0.2) is 9.97 Å². The van der Waals surface area contributed by atoms with E-state index in [-0.39, 0.29) is 17.9 Å². The van der Waals surface area contributed by atoms with Crippen molar-refractivity contribution in [3.63, 3.8) is 0 Å². The molecular formula is C17H20N4O4S. The van der Waals surface area contributed by atoms with Crippen LogP contribution in [0.2, 0.25) is 0 Å². The number of carbonyl (C=O) groups is 2. The molecule has 138 valence electrons. The number of pyridine rings is 1. The summed E-state index contributed by atoms with van der Waals surface area (Å²) in [6, 6.07) is 3.29. The first-order chi connectivity index (χ1) is 12.4. The van der Waals surface area contributed by atoms with Gasteiger partial charge in [-0.15, -0.1) is 0 Å². The molecule has 26 heavy (non-hydrogen) atoms. The number of hydrogen-bond donors (Lipinski definition) is 1. The Bertz CT molecular complexity index is 798. The molecule has 0 aliphatic carbocycles. The van der Waals surface area contributed by atoms with Gasteiger partial charge in [-0.2, -0.15) is 0 Å². The van der Waals surface area contributed by atoms with E-state index in [1.165, 1.54) is 11.1 Å². The van der Waals surface area contributed by atoms with Crippen LogP contribution in [-0.4, -0.2) is 60.1 Å². The summed E-state index contributed by atoms with van der Waals surface area (Å²) in [5.74, 6) is -0.0218. The number of nitrogens with zero attached hydrogens (tertiary/aromatic N) is 3. The van der Waals surface area contributed by atoms with E-state index in [0.717, 1.165) is 17.8 Å². The predicted molar refractivity (Wildman–Crippen MR) is 96.9 cm³/mol. The van der Waals surface area contributed by atoms with Crippen LogP contribution < -0.4 is 10.1 Å². The Morgan fingerprint density at radius 1 is 1.38 bits per heavy atom. The maximum atomic E-state index is 12.4. The highest BCUT2D eigenvalue weighted by atomic mass is 32.1. The zero-order chi connectivity index (χ0) is 18.7. The van der Waals surface area contributed by atoms with Gasteiger partial charge in [0.2, 0.25) is 5.88 Å². The molecule has 2 aromatic heterocycles. The van der Waals surface area contributed by atoms with Crippen LogP contribution in [0, 0.1) is 6.92 Å². The minimum atomic E-state index is -0.342. The predicted octanol–water partition coefficient (Wildman–Crippen LogP) is 1.97. The number of aryl methyl sites for hydroxylation is 1. The van der Waals surface area contributed by atoms with E-state index in [0.29, 0.717) is 40.4 Å². The summed E-state index contributed by atoms with van der Waals surface area (Å²) in [5.41, 5.74) is 0.970. The summed E-state index contributed by atoms with van der Waals surface area (Å²) >= 11 is 1.15. The van der Waals surface area contributed by atoms with Crippen molar-refractivity contribution in [2.75, 3.05) is 32.6 Å². The quantitative estimate of drug-likeness (QED) is 0.857. The third-order valence-corrected chi connectivity index (χ3v) is 4.85. The molecule has 0 radical (unpaired) electrons. The highest BCUT2D eigenvalue weighted by Crippen LogP contribution is 2.24. The van der Waals surface area contributed by atoms with E-state index in [1.54, 1.807) is 33.2 Å². The molecule has 1 aliphatic heterocycles. The van der Waals surface area contributed by atoms with Crippen LogP contribution in [0.25, 0.3) is 0 Å². The number of nitrogens with one attached hydrogen (secondary N) is 1. The first kappa shape index (κ1) is 18.3. The summed E-state index contributed by atoms with van der Waals surface area (Å²) in [7, 11) is 3.35. The van der Waals surface area contributed by atoms with Crippen molar-refractivity contribution in [3.05, 3.63) is 34.5 Å². The molecule has 0 bridgehead atoms. The van der Waals surface area contributed by atoms with Crippen molar-refractivity contribution in [3.8, 4) is 5.88 Å². The Kier molecular flexibility index (Phi) is 5.48. The van der Waals surface area contributed by atoms with Crippen LogP contribution in [0.4, 0.5) is 5.13 Å². The first-order valence-corrected chi connectivity index (χ1v) is 8.96. The van der Waals surface area contributed by atoms with Crippen molar-refractivity contribution in [2.45, 2.75) is 19.4 Å². The molecule has 0 saturated carbocycles. The largest absolute Gasteiger partial charge is 0.472 e. The second-order valence-electron chi connectivity index (χ2n) is 6.08. The molecule has 1 saturated heterocycles. The van der Waals surface area contributed by atoms with E-state index in [4.69, 9.17) is 9.47 Å². The summed E-state index contributed by atoms with van der Waals surface area (Å²) in [6.07, 6.45) is 2.29. The van der Waals surface area contributed by atoms with Gasteiger partial charge in [-0.1, -0.05) is 11.3 Å². The lowest BCUT2D eigenvalue weighted by atomic mass is 10.2. The maximum absolute atomic E-state index is 12.4. The fourth-order valence-corrected chi connectivity index (χ4v) is 3.36. The van der Waals surface area contributed by atoms with E-state index in [9.17, 15) is 9.59 Å². The lowest BCUT2D eigenvalue weighted by Gasteiger charge is -2.10. The van der Waals surface area contributed by atoms with Crippen LogP contribution >= 0.6 is 11.3 Å². The number of aromatic nitrogens is 2. The monoisotopic (exact) mass is 376 g/mol. The SMILES string of the molecule is Cc1nc(NC(=O)c2ccc(OC3CCOC3)nc2)sc1C(=O)N(C)C. The van der Waals surface area contributed by atoms with Gasteiger partial charge in [-0.05, 0) is 13.0 Å². The Morgan fingerprint density at radius 2 is 2.19 bits per heavy atom. The van der Waals surface area contributed by atoms with Crippen LogP contribution in [0.3, 0.4) is 0 Å². The second-order valence-corrected chi connectivity index (χ2v) is 7.07. The summed E-state index contributed by atoms with van der Waals surface area (Å²) in [5, 5.41) is 3.08. The van der Waals surface area contributed by atoms with Crippen molar-refractivity contribution in [2.24, 2.45) is 0 Å². The van der Waals surface area contributed by atoms with Gasteiger partial charge in [0.05, 0.1) is 24.5 Å². The van der Waals surface area contributed by atoms with Crippen molar-refractivity contribution in [1.29, 1.82) is 0 Å². The van der Waals surface area contributed by atoms with Gasteiger partial charge in [0.1, 0.15) is 11.0 Å². The molecule has 0 spiro atoms. The Hall–Kier alpha value is -2.52.